The molecular weight excluding hydrogens is 260 g/mol. The smallest absolute Gasteiger partial charge is 0.0821 e. The van der Waals surface area contributed by atoms with E-state index >= 15 is 0 Å². The second-order valence-corrected chi connectivity index (χ2v) is 6.66. The first-order valence-electron chi connectivity index (χ1n) is 8.51. The summed E-state index contributed by atoms with van der Waals surface area (Å²) in [7, 11) is 0. The molecule has 0 bridgehead atoms. The van der Waals surface area contributed by atoms with Crippen LogP contribution in [0.2, 0.25) is 0 Å². The maximum atomic E-state index is 10.9. The molecule has 0 saturated heterocycles. The average Bonchev–Trinajstić information content (AvgIpc) is 2.50. The number of rotatable bonds is 4. The first-order valence-corrected chi connectivity index (χ1v) is 8.51. The quantitative estimate of drug-likeness (QED) is 0.893. The van der Waals surface area contributed by atoms with Gasteiger partial charge in [-0.15, -0.1) is 0 Å². The first-order chi connectivity index (χ1) is 10.2. The van der Waals surface area contributed by atoms with Crippen molar-refractivity contribution in [3.05, 3.63) is 29.8 Å². The molecule has 0 aromatic heterocycles. The SMILES string of the molecule is CCNC1CCN(CC2(O)CCCCC2)c2ccccc21. The van der Waals surface area contributed by atoms with Gasteiger partial charge in [0.15, 0.2) is 0 Å². The van der Waals surface area contributed by atoms with Crippen LogP contribution in [0.1, 0.15) is 57.1 Å². The molecule has 1 aliphatic heterocycles. The molecule has 3 heteroatoms. The normalized spacial score (nSPS) is 24.7. The third-order valence-corrected chi connectivity index (χ3v) is 5.06. The van der Waals surface area contributed by atoms with E-state index in [4.69, 9.17) is 0 Å². The van der Waals surface area contributed by atoms with Crippen molar-refractivity contribution in [1.29, 1.82) is 0 Å². The number of aliphatic hydroxyl groups is 1. The molecule has 1 aliphatic carbocycles. The molecule has 1 aromatic rings. The lowest BCUT2D eigenvalue weighted by atomic mass is 9.83. The molecule has 0 amide bonds. The van der Waals surface area contributed by atoms with Crippen LogP contribution >= 0.6 is 0 Å². The van der Waals surface area contributed by atoms with Gasteiger partial charge in [-0.1, -0.05) is 44.4 Å². The van der Waals surface area contributed by atoms with Crippen LogP contribution < -0.4 is 10.2 Å². The summed E-state index contributed by atoms with van der Waals surface area (Å²) < 4.78 is 0. The van der Waals surface area contributed by atoms with Gasteiger partial charge in [0.2, 0.25) is 0 Å². The Bertz CT molecular complexity index is 468. The zero-order valence-corrected chi connectivity index (χ0v) is 13.1. The zero-order valence-electron chi connectivity index (χ0n) is 13.1. The molecule has 3 nitrogen and oxygen atoms in total. The van der Waals surface area contributed by atoms with E-state index < -0.39 is 5.60 Å². The zero-order chi connectivity index (χ0) is 14.7. The van der Waals surface area contributed by atoms with Crippen molar-refractivity contribution in [1.82, 2.24) is 5.32 Å². The van der Waals surface area contributed by atoms with Gasteiger partial charge in [0, 0.05) is 24.8 Å². The minimum atomic E-state index is -0.476. The lowest BCUT2D eigenvalue weighted by Gasteiger charge is -2.42. The fraction of sp³-hybridized carbons (Fsp3) is 0.667. The van der Waals surface area contributed by atoms with Crippen LogP contribution in [-0.4, -0.2) is 30.3 Å². The molecule has 1 unspecified atom stereocenters. The number of hydrogen-bond acceptors (Lipinski definition) is 3. The predicted molar refractivity (Wildman–Crippen MR) is 87.7 cm³/mol. The third-order valence-electron chi connectivity index (χ3n) is 5.06. The van der Waals surface area contributed by atoms with Crippen LogP contribution in [0.15, 0.2) is 24.3 Å². The lowest BCUT2D eigenvalue weighted by Crippen LogP contribution is -2.47. The highest BCUT2D eigenvalue weighted by atomic mass is 16.3. The third kappa shape index (κ3) is 3.24. The molecule has 1 fully saturated rings. The molecule has 116 valence electrons. The summed E-state index contributed by atoms with van der Waals surface area (Å²) in [6.45, 7) is 5.00. The summed E-state index contributed by atoms with van der Waals surface area (Å²) in [5.74, 6) is 0. The minimum absolute atomic E-state index is 0.462. The Morgan fingerprint density at radius 3 is 2.76 bits per heavy atom. The molecule has 0 radical (unpaired) electrons. The Morgan fingerprint density at radius 2 is 2.00 bits per heavy atom. The maximum Gasteiger partial charge on any atom is 0.0821 e. The van der Waals surface area contributed by atoms with E-state index in [-0.39, 0.29) is 0 Å². The van der Waals surface area contributed by atoms with E-state index in [9.17, 15) is 5.11 Å². The van der Waals surface area contributed by atoms with Crippen LogP contribution in [0.3, 0.4) is 0 Å². The topological polar surface area (TPSA) is 35.5 Å². The van der Waals surface area contributed by atoms with Crippen molar-refractivity contribution < 1.29 is 5.11 Å². The monoisotopic (exact) mass is 288 g/mol. The largest absolute Gasteiger partial charge is 0.388 e. The number of fused-ring (bicyclic) bond motifs is 1. The van der Waals surface area contributed by atoms with Gasteiger partial charge in [0.05, 0.1) is 5.60 Å². The van der Waals surface area contributed by atoms with Crippen LogP contribution in [0.5, 0.6) is 0 Å². The number of nitrogens with one attached hydrogen (secondary N) is 1. The van der Waals surface area contributed by atoms with E-state index in [0.717, 1.165) is 38.9 Å². The van der Waals surface area contributed by atoms with Gasteiger partial charge >= 0.3 is 0 Å². The molecule has 3 rings (SSSR count). The number of benzene rings is 1. The minimum Gasteiger partial charge on any atom is -0.388 e. The molecule has 2 aliphatic rings. The number of hydrogen-bond donors (Lipinski definition) is 2. The van der Waals surface area contributed by atoms with Crippen LogP contribution in [0.25, 0.3) is 0 Å². The van der Waals surface area contributed by atoms with E-state index in [2.05, 4.69) is 41.4 Å². The van der Waals surface area contributed by atoms with Crippen molar-refractivity contribution in [3.63, 3.8) is 0 Å². The van der Waals surface area contributed by atoms with Crippen molar-refractivity contribution in [2.75, 3.05) is 24.5 Å². The van der Waals surface area contributed by atoms with Gasteiger partial charge in [-0.05, 0) is 37.4 Å². The van der Waals surface area contributed by atoms with E-state index in [1.807, 2.05) is 0 Å². The Hall–Kier alpha value is -1.06. The van der Waals surface area contributed by atoms with Crippen molar-refractivity contribution in [2.45, 2.75) is 57.1 Å². The Balaban J connectivity index is 1.79. The highest BCUT2D eigenvalue weighted by Gasteiger charge is 2.34. The fourth-order valence-electron chi connectivity index (χ4n) is 3.98. The predicted octanol–water partition coefficient (Wildman–Crippen LogP) is 3.24. The number of anilines is 1. The van der Waals surface area contributed by atoms with E-state index in [0.29, 0.717) is 6.04 Å². The number of nitrogens with zero attached hydrogens (tertiary/aromatic N) is 1. The molecule has 1 atom stereocenters. The van der Waals surface area contributed by atoms with Crippen LogP contribution in [0, 0.1) is 0 Å². The van der Waals surface area contributed by atoms with Crippen molar-refractivity contribution >= 4 is 5.69 Å². The summed E-state index contributed by atoms with van der Waals surface area (Å²) >= 11 is 0. The fourth-order valence-corrected chi connectivity index (χ4v) is 3.98. The number of para-hydroxylation sites is 1. The van der Waals surface area contributed by atoms with Gasteiger partial charge in [-0.2, -0.15) is 0 Å². The van der Waals surface area contributed by atoms with Gasteiger partial charge in [-0.3, -0.25) is 0 Å². The summed E-state index contributed by atoms with van der Waals surface area (Å²) in [4.78, 5) is 2.41. The molecule has 1 aromatic carbocycles. The Labute approximate surface area is 128 Å². The van der Waals surface area contributed by atoms with E-state index in [1.54, 1.807) is 0 Å². The summed E-state index contributed by atoms with van der Waals surface area (Å²) in [5.41, 5.74) is 2.23. The standard InChI is InChI=1S/C18H28N2O/c1-2-19-16-10-13-20(17-9-5-4-8-15(16)17)14-18(21)11-6-3-7-12-18/h4-5,8-9,16,19,21H,2-3,6-7,10-14H2,1H3. The molecule has 21 heavy (non-hydrogen) atoms. The second-order valence-electron chi connectivity index (χ2n) is 6.66. The highest BCUT2D eigenvalue weighted by Crippen LogP contribution is 2.36. The Kier molecular flexibility index (Phi) is 4.51. The van der Waals surface area contributed by atoms with Gasteiger partial charge < -0.3 is 15.3 Å². The van der Waals surface area contributed by atoms with E-state index in [1.165, 1.54) is 30.5 Å². The lowest BCUT2D eigenvalue weighted by molar-refractivity contribution is 0.0106. The van der Waals surface area contributed by atoms with Crippen LogP contribution in [0.4, 0.5) is 5.69 Å². The Morgan fingerprint density at radius 1 is 1.24 bits per heavy atom. The van der Waals surface area contributed by atoms with Crippen molar-refractivity contribution in [2.24, 2.45) is 0 Å². The number of β-amino-alcohol motifs (C(OH)–C–C–N with tert-alkyl or cyclic N) is 1. The molecule has 1 saturated carbocycles. The molecule has 0 spiro atoms. The van der Waals surface area contributed by atoms with Gasteiger partial charge in [0.1, 0.15) is 0 Å². The average molecular weight is 288 g/mol. The summed E-state index contributed by atoms with van der Waals surface area (Å²) in [6.07, 6.45) is 6.67. The van der Waals surface area contributed by atoms with Crippen molar-refractivity contribution in [3.8, 4) is 0 Å². The molecular formula is C18H28N2O. The van der Waals surface area contributed by atoms with Gasteiger partial charge in [-0.25, -0.2) is 0 Å². The maximum absolute atomic E-state index is 10.9. The van der Waals surface area contributed by atoms with Gasteiger partial charge in [0.25, 0.3) is 0 Å². The summed E-state index contributed by atoms with van der Waals surface area (Å²) in [5, 5.41) is 14.4. The highest BCUT2D eigenvalue weighted by molar-refractivity contribution is 5.57. The molecule has 1 heterocycles. The first kappa shape index (κ1) is 14.9. The second kappa shape index (κ2) is 6.37. The summed E-state index contributed by atoms with van der Waals surface area (Å²) in [6, 6.07) is 9.15. The molecule has 2 N–H and O–H groups in total. The van der Waals surface area contributed by atoms with Crippen LogP contribution in [-0.2, 0) is 0 Å².